The van der Waals surface area contributed by atoms with Crippen LogP contribution in [-0.2, 0) is 9.59 Å². The quantitative estimate of drug-likeness (QED) is 0.293. The number of nitrogens with zero attached hydrogens (tertiary/aromatic N) is 1. The highest BCUT2D eigenvalue weighted by Gasteiger charge is 2.24. The van der Waals surface area contributed by atoms with Gasteiger partial charge < -0.3 is 5.73 Å². The lowest BCUT2D eigenvalue weighted by Gasteiger charge is -2.28. The molecule has 0 bridgehead atoms. The third-order valence-electron chi connectivity index (χ3n) is 2.43. The second-order valence-corrected chi connectivity index (χ2v) is 3.72. The summed E-state index contributed by atoms with van der Waals surface area (Å²) in [6, 6.07) is -0.385. The van der Waals surface area contributed by atoms with Gasteiger partial charge >= 0.3 is 0 Å². The third kappa shape index (κ3) is 5.09. The van der Waals surface area contributed by atoms with Gasteiger partial charge in [0.25, 0.3) is 5.91 Å². The molecule has 0 aromatic rings. The number of amides is 2. The Morgan fingerprint density at radius 1 is 1.38 bits per heavy atom. The van der Waals surface area contributed by atoms with Gasteiger partial charge in [-0.15, -0.1) is 0 Å². The van der Waals surface area contributed by atoms with E-state index in [1.165, 1.54) is 0 Å². The zero-order valence-corrected chi connectivity index (χ0v) is 10.0. The van der Waals surface area contributed by atoms with Crippen LogP contribution in [0.5, 0.6) is 0 Å². The Balaban J connectivity index is 4.54. The average molecular weight is 230 g/mol. The minimum Gasteiger partial charge on any atom is -0.369 e. The van der Waals surface area contributed by atoms with Crippen LogP contribution in [0.15, 0.2) is 0 Å². The Morgan fingerprint density at radius 3 is 2.38 bits per heavy atom. The van der Waals surface area contributed by atoms with E-state index in [4.69, 9.17) is 11.6 Å². The van der Waals surface area contributed by atoms with Gasteiger partial charge in [0.1, 0.15) is 0 Å². The van der Waals surface area contributed by atoms with Crippen LogP contribution in [0.2, 0.25) is 0 Å². The highest BCUT2D eigenvalue weighted by molar-refractivity contribution is 5.82. The maximum atomic E-state index is 11.5. The molecule has 2 amide bonds. The molecule has 0 heterocycles. The molecule has 0 aromatic heterocycles. The number of hydrazine groups is 1. The summed E-state index contributed by atoms with van der Waals surface area (Å²) in [6.45, 7) is 4.68. The van der Waals surface area contributed by atoms with Crippen molar-refractivity contribution in [1.82, 2.24) is 10.3 Å². The molecule has 6 heteroatoms. The lowest BCUT2D eigenvalue weighted by Crippen LogP contribution is -2.51. The van der Waals surface area contributed by atoms with Gasteiger partial charge in [-0.3, -0.25) is 19.9 Å². The molecule has 0 saturated heterocycles. The Morgan fingerprint density at radius 2 is 2.00 bits per heavy atom. The van der Waals surface area contributed by atoms with Gasteiger partial charge in [0.15, 0.2) is 0 Å². The fraction of sp³-hybridized carbons (Fsp3) is 0.800. The average Bonchev–Trinajstić information content (AvgIpc) is 2.25. The summed E-state index contributed by atoms with van der Waals surface area (Å²) in [5.41, 5.74) is 7.27. The van der Waals surface area contributed by atoms with Gasteiger partial charge in [0.2, 0.25) is 5.91 Å². The zero-order valence-electron chi connectivity index (χ0n) is 10.0. The Hall–Kier alpha value is -1.14. The second-order valence-electron chi connectivity index (χ2n) is 3.72. The molecular weight excluding hydrogens is 208 g/mol. The van der Waals surface area contributed by atoms with Gasteiger partial charge in [-0.1, -0.05) is 20.3 Å². The van der Waals surface area contributed by atoms with Crippen molar-refractivity contribution in [2.24, 2.45) is 11.6 Å². The number of rotatable bonds is 8. The molecule has 0 aliphatic rings. The summed E-state index contributed by atoms with van der Waals surface area (Å²) in [4.78, 5) is 24.2. The number of unbranched alkanes of at least 4 members (excludes halogenated alkanes) is 1. The number of nitrogens with two attached hydrogens (primary N) is 2. The van der Waals surface area contributed by atoms with Crippen molar-refractivity contribution in [3.05, 3.63) is 0 Å². The van der Waals surface area contributed by atoms with Crippen molar-refractivity contribution >= 4 is 11.8 Å². The van der Waals surface area contributed by atoms with Crippen LogP contribution in [0.3, 0.4) is 0 Å². The Bertz CT molecular complexity index is 233. The Labute approximate surface area is 96.3 Å². The molecule has 0 radical (unpaired) electrons. The van der Waals surface area contributed by atoms with E-state index < -0.39 is 5.91 Å². The van der Waals surface area contributed by atoms with E-state index in [1.54, 1.807) is 4.90 Å². The molecule has 5 N–H and O–H groups in total. The van der Waals surface area contributed by atoms with E-state index in [0.717, 1.165) is 12.8 Å². The highest BCUT2D eigenvalue weighted by atomic mass is 16.2. The van der Waals surface area contributed by atoms with E-state index in [0.29, 0.717) is 13.0 Å². The molecule has 0 rings (SSSR count). The fourth-order valence-corrected chi connectivity index (χ4v) is 1.61. The van der Waals surface area contributed by atoms with E-state index >= 15 is 0 Å². The molecule has 1 unspecified atom stereocenters. The van der Waals surface area contributed by atoms with Crippen LogP contribution in [0, 0.1) is 0 Å². The summed E-state index contributed by atoms with van der Waals surface area (Å²) in [5, 5.41) is 0. The maximum Gasteiger partial charge on any atom is 0.251 e. The number of carbonyl (C=O) groups is 2. The topological polar surface area (TPSA) is 101 Å². The van der Waals surface area contributed by atoms with Crippen LogP contribution in [0.4, 0.5) is 0 Å². The summed E-state index contributed by atoms with van der Waals surface area (Å²) in [6.07, 6.45) is 2.51. The minimum absolute atomic E-state index is 0.0892. The van der Waals surface area contributed by atoms with E-state index in [-0.39, 0.29) is 18.5 Å². The predicted molar refractivity (Wildman–Crippen MR) is 62.1 cm³/mol. The molecule has 94 valence electrons. The largest absolute Gasteiger partial charge is 0.369 e. The predicted octanol–water partition coefficient (Wildman–Crippen LogP) is -0.658. The third-order valence-corrected chi connectivity index (χ3v) is 2.43. The Kier molecular flexibility index (Phi) is 7.49. The van der Waals surface area contributed by atoms with Crippen molar-refractivity contribution in [2.45, 2.75) is 39.2 Å². The molecule has 6 nitrogen and oxygen atoms in total. The summed E-state index contributed by atoms with van der Waals surface area (Å²) in [5.74, 6) is 4.39. The van der Waals surface area contributed by atoms with Crippen LogP contribution in [0.25, 0.3) is 0 Å². The molecular formula is C10H22N4O2. The molecule has 16 heavy (non-hydrogen) atoms. The normalized spacial score (nSPS) is 12.5. The summed E-state index contributed by atoms with van der Waals surface area (Å²) >= 11 is 0. The van der Waals surface area contributed by atoms with Crippen molar-refractivity contribution < 1.29 is 9.59 Å². The molecule has 0 aliphatic carbocycles. The fourth-order valence-electron chi connectivity index (χ4n) is 1.61. The lowest BCUT2D eigenvalue weighted by molar-refractivity contribution is -0.128. The number of hydrogen-bond acceptors (Lipinski definition) is 4. The molecule has 0 aromatic carbocycles. The summed E-state index contributed by atoms with van der Waals surface area (Å²) < 4.78 is 0. The molecule has 0 aliphatic heterocycles. The van der Waals surface area contributed by atoms with E-state index in [2.05, 4.69) is 5.43 Å². The first-order chi connectivity index (χ1) is 7.56. The zero-order chi connectivity index (χ0) is 12.6. The monoisotopic (exact) mass is 230 g/mol. The van der Waals surface area contributed by atoms with Crippen LogP contribution < -0.4 is 17.0 Å². The van der Waals surface area contributed by atoms with Gasteiger partial charge in [-0.05, 0) is 19.4 Å². The second kappa shape index (κ2) is 8.06. The van der Waals surface area contributed by atoms with E-state index in [9.17, 15) is 9.59 Å². The SMILES string of the molecule is CCCCN(CC(N)=O)C(CC)C(=O)NN. The van der Waals surface area contributed by atoms with E-state index in [1.807, 2.05) is 13.8 Å². The number of carbonyl (C=O) groups excluding carboxylic acids is 2. The highest BCUT2D eigenvalue weighted by Crippen LogP contribution is 2.06. The molecule has 0 fully saturated rings. The number of hydrogen-bond donors (Lipinski definition) is 3. The number of primary amides is 1. The van der Waals surface area contributed by atoms with Crippen LogP contribution in [0.1, 0.15) is 33.1 Å². The standard InChI is InChI=1S/C10H22N4O2/c1-3-5-6-14(7-9(11)15)8(4-2)10(16)13-12/h8H,3-7,12H2,1-2H3,(H2,11,15)(H,13,16). The maximum absolute atomic E-state index is 11.5. The van der Waals surface area contributed by atoms with Crippen molar-refractivity contribution in [3.8, 4) is 0 Å². The van der Waals surface area contributed by atoms with Crippen LogP contribution >= 0.6 is 0 Å². The van der Waals surface area contributed by atoms with Gasteiger partial charge in [0, 0.05) is 0 Å². The van der Waals surface area contributed by atoms with Gasteiger partial charge in [-0.2, -0.15) is 0 Å². The molecule has 0 saturated carbocycles. The first-order valence-electron chi connectivity index (χ1n) is 5.59. The first-order valence-corrected chi connectivity index (χ1v) is 5.59. The molecule has 0 spiro atoms. The molecule has 1 atom stereocenters. The van der Waals surface area contributed by atoms with Gasteiger partial charge in [-0.25, -0.2) is 5.84 Å². The smallest absolute Gasteiger partial charge is 0.251 e. The van der Waals surface area contributed by atoms with Gasteiger partial charge in [0.05, 0.1) is 12.6 Å². The van der Waals surface area contributed by atoms with Crippen molar-refractivity contribution in [3.63, 3.8) is 0 Å². The first kappa shape index (κ1) is 14.9. The van der Waals surface area contributed by atoms with Crippen LogP contribution in [-0.4, -0.2) is 35.8 Å². The minimum atomic E-state index is -0.431. The van der Waals surface area contributed by atoms with Crippen molar-refractivity contribution in [1.29, 1.82) is 0 Å². The van der Waals surface area contributed by atoms with Crippen molar-refractivity contribution in [2.75, 3.05) is 13.1 Å². The lowest BCUT2D eigenvalue weighted by atomic mass is 10.1. The number of nitrogens with one attached hydrogen (secondary N) is 1. The summed E-state index contributed by atoms with van der Waals surface area (Å²) in [7, 11) is 0.